The Labute approximate surface area is 235 Å². The van der Waals surface area contributed by atoms with Gasteiger partial charge in [0.2, 0.25) is 0 Å². The Morgan fingerprint density at radius 2 is 1.39 bits per heavy atom. The number of Topliss-reactive ketones (excluding diaryl/α,β-unsaturated/α-hetero) is 1. The van der Waals surface area contributed by atoms with Crippen LogP contribution >= 0.6 is 0 Å². The van der Waals surface area contributed by atoms with Crippen molar-refractivity contribution in [1.82, 2.24) is 9.55 Å². The van der Waals surface area contributed by atoms with E-state index in [0.29, 0.717) is 5.56 Å². The average molecular weight is 554 g/mol. The van der Waals surface area contributed by atoms with E-state index < -0.39 is 41.7 Å². The predicted molar refractivity (Wildman–Crippen MR) is 148 cm³/mol. The van der Waals surface area contributed by atoms with E-state index in [4.69, 9.17) is 19.9 Å². The highest BCUT2D eigenvalue weighted by Crippen LogP contribution is 2.44. The van der Waals surface area contributed by atoms with Gasteiger partial charge in [0.25, 0.3) is 0 Å². The van der Waals surface area contributed by atoms with E-state index in [9.17, 15) is 19.2 Å². The zero-order valence-corrected chi connectivity index (χ0v) is 22.1. The van der Waals surface area contributed by atoms with Crippen LogP contribution in [0.3, 0.4) is 0 Å². The standard InChI is InChI=1S/C31H27N3O7/c1-31(41-28(37)22-15-9-4-10-16-22)26(40-27(36)21-13-7-3-8-14-21)24(19-23(35)20-11-5-2-6-12-20)39-29(31)34-18-17-25(32)33-30(34)38/h2-18,24,26,29H,19H2,1H3,(H2,32,33,38)/t24-,26?,29?,31+/m1/s1. The predicted octanol–water partition coefficient (Wildman–Crippen LogP) is 3.84. The number of nitrogens with two attached hydrogens (primary N) is 1. The van der Waals surface area contributed by atoms with Crippen LogP contribution in [0.15, 0.2) is 108 Å². The molecule has 2 heterocycles. The van der Waals surface area contributed by atoms with Gasteiger partial charge in [-0.3, -0.25) is 9.36 Å². The smallest absolute Gasteiger partial charge is 0.351 e. The number of carbonyl (C=O) groups is 3. The molecule has 4 atom stereocenters. The van der Waals surface area contributed by atoms with Crippen LogP contribution in [0.2, 0.25) is 0 Å². The van der Waals surface area contributed by atoms with Crippen molar-refractivity contribution in [3.8, 4) is 0 Å². The van der Waals surface area contributed by atoms with E-state index in [0.717, 1.165) is 4.57 Å². The number of nitrogen functional groups attached to an aromatic ring is 1. The number of hydrogen-bond acceptors (Lipinski definition) is 9. The van der Waals surface area contributed by atoms with Gasteiger partial charge < -0.3 is 19.9 Å². The molecule has 3 aromatic carbocycles. The summed E-state index contributed by atoms with van der Waals surface area (Å²) in [4.78, 5) is 56.7. The largest absolute Gasteiger partial charge is 0.452 e. The molecular weight excluding hydrogens is 526 g/mol. The number of rotatable bonds is 8. The zero-order chi connectivity index (χ0) is 29.0. The number of carbonyl (C=O) groups excluding carboxylic acids is 3. The number of aromatic nitrogens is 2. The van der Waals surface area contributed by atoms with Crippen LogP contribution in [-0.4, -0.2) is 45.1 Å². The fourth-order valence-electron chi connectivity index (χ4n) is 4.80. The Bertz CT molecular complexity index is 1610. The summed E-state index contributed by atoms with van der Waals surface area (Å²) < 4.78 is 19.4. The maximum atomic E-state index is 13.4. The Kier molecular flexibility index (Phi) is 7.75. The molecule has 1 aliphatic heterocycles. The zero-order valence-electron chi connectivity index (χ0n) is 22.1. The summed E-state index contributed by atoms with van der Waals surface area (Å²) in [7, 11) is 0. The van der Waals surface area contributed by atoms with Gasteiger partial charge in [-0.2, -0.15) is 4.98 Å². The van der Waals surface area contributed by atoms with E-state index >= 15 is 0 Å². The van der Waals surface area contributed by atoms with Gasteiger partial charge in [0, 0.05) is 18.2 Å². The third-order valence-electron chi connectivity index (χ3n) is 6.85. The van der Waals surface area contributed by atoms with E-state index in [1.54, 1.807) is 91.0 Å². The van der Waals surface area contributed by atoms with Gasteiger partial charge in [-0.25, -0.2) is 14.4 Å². The molecule has 4 aromatic rings. The Balaban J connectivity index is 1.59. The molecule has 10 heteroatoms. The minimum Gasteiger partial charge on any atom is -0.452 e. The highest BCUT2D eigenvalue weighted by Gasteiger charge is 2.60. The van der Waals surface area contributed by atoms with Gasteiger partial charge in [0.15, 0.2) is 23.7 Å². The van der Waals surface area contributed by atoms with Crippen molar-refractivity contribution in [2.24, 2.45) is 0 Å². The molecule has 0 spiro atoms. The van der Waals surface area contributed by atoms with Crippen LogP contribution in [-0.2, 0) is 14.2 Å². The molecule has 1 aliphatic rings. The molecule has 2 unspecified atom stereocenters. The van der Waals surface area contributed by atoms with E-state index in [2.05, 4.69) is 4.98 Å². The second kappa shape index (κ2) is 11.6. The molecule has 0 saturated carbocycles. The highest BCUT2D eigenvalue weighted by atomic mass is 16.7. The maximum Gasteiger partial charge on any atom is 0.351 e. The molecule has 208 valence electrons. The lowest BCUT2D eigenvalue weighted by Crippen LogP contribution is -2.51. The molecule has 5 rings (SSSR count). The lowest BCUT2D eigenvalue weighted by molar-refractivity contribution is -0.111. The lowest BCUT2D eigenvalue weighted by Gasteiger charge is -2.34. The SMILES string of the molecule is C[C@]1(OC(=O)c2ccccc2)C(OC(=O)c2ccccc2)[C@@H](CC(=O)c2ccccc2)OC1n1ccc(N)nc1=O. The quantitative estimate of drug-likeness (QED) is 0.255. The Morgan fingerprint density at radius 3 is 1.95 bits per heavy atom. The van der Waals surface area contributed by atoms with Crippen molar-refractivity contribution in [1.29, 1.82) is 0 Å². The fourth-order valence-corrected chi connectivity index (χ4v) is 4.80. The third-order valence-corrected chi connectivity index (χ3v) is 6.85. The van der Waals surface area contributed by atoms with Gasteiger partial charge in [-0.15, -0.1) is 0 Å². The summed E-state index contributed by atoms with van der Waals surface area (Å²) in [5, 5.41) is 0. The first kappa shape index (κ1) is 27.5. The fraction of sp³-hybridized carbons (Fsp3) is 0.194. The van der Waals surface area contributed by atoms with Crippen LogP contribution < -0.4 is 11.4 Å². The summed E-state index contributed by atoms with van der Waals surface area (Å²) in [6.45, 7) is 1.50. The van der Waals surface area contributed by atoms with Crippen LogP contribution in [0.4, 0.5) is 5.82 Å². The molecule has 1 aromatic heterocycles. The third kappa shape index (κ3) is 5.78. The van der Waals surface area contributed by atoms with Crippen molar-refractivity contribution in [3.05, 3.63) is 130 Å². The molecule has 2 N–H and O–H groups in total. The second-order valence-electron chi connectivity index (χ2n) is 9.69. The molecule has 41 heavy (non-hydrogen) atoms. The number of ketones is 1. The first-order valence-electron chi connectivity index (χ1n) is 12.9. The van der Waals surface area contributed by atoms with Gasteiger partial charge >= 0.3 is 17.6 Å². The van der Waals surface area contributed by atoms with Crippen molar-refractivity contribution in [2.75, 3.05) is 5.73 Å². The molecule has 10 nitrogen and oxygen atoms in total. The van der Waals surface area contributed by atoms with Crippen molar-refractivity contribution >= 4 is 23.5 Å². The Morgan fingerprint density at radius 1 is 0.854 bits per heavy atom. The summed E-state index contributed by atoms with van der Waals surface area (Å²) in [5.41, 5.74) is 4.04. The van der Waals surface area contributed by atoms with Crippen molar-refractivity contribution in [2.45, 2.75) is 37.4 Å². The number of hydrogen-bond donors (Lipinski definition) is 1. The lowest BCUT2D eigenvalue weighted by atomic mass is 9.92. The minimum atomic E-state index is -1.78. The van der Waals surface area contributed by atoms with Crippen molar-refractivity contribution in [3.63, 3.8) is 0 Å². The molecule has 0 aliphatic carbocycles. The van der Waals surface area contributed by atoms with Gasteiger partial charge in [0.1, 0.15) is 11.9 Å². The van der Waals surface area contributed by atoms with Gasteiger partial charge in [-0.1, -0.05) is 66.7 Å². The summed E-state index contributed by atoms with van der Waals surface area (Å²) in [6.07, 6.45) is -2.61. The first-order valence-corrected chi connectivity index (χ1v) is 12.9. The van der Waals surface area contributed by atoms with Crippen LogP contribution in [0.5, 0.6) is 0 Å². The highest BCUT2D eigenvalue weighted by molar-refractivity contribution is 5.96. The number of nitrogens with zero attached hydrogens (tertiary/aromatic N) is 2. The minimum absolute atomic E-state index is 0.0184. The molecule has 1 fully saturated rings. The molecule has 0 radical (unpaired) electrons. The van der Waals surface area contributed by atoms with Gasteiger partial charge in [0.05, 0.1) is 11.1 Å². The number of ether oxygens (including phenoxy) is 3. The van der Waals surface area contributed by atoms with E-state index in [1.807, 2.05) is 0 Å². The number of benzene rings is 3. The van der Waals surface area contributed by atoms with Crippen molar-refractivity contribution < 1.29 is 28.6 Å². The summed E-state index contributed by atoms with van der Waals surface area (Å²) in [5.74, 6) is -1.78. The van der Waals surface area contributed by atoms with Gasteiger partial charge in [-0.05, 0) is 37.3 Å². The van der Waals surface area contributed by atoms with E-state index in [-0.39, 0.29) is 29.1 Å². The Hall–Kier alpha value is -5.09. The normalized spacial score (nSPS) is 21.6. The topological polar surface area (TPSA) is 140 Å². The summed E-state index contributed by atoms with van der Waals surface area (Å²) in [6, 6.07) is 26.4. The number of anilines is 1. The van der Waals surface area contributed by atoms with Crippen LogP contribution in [0.25, 0.3) is 0 Å². The second-order valence-corrected chi connectivity index (χ2v) is 9.69. The molecule has 1 saturated heterocycles. The number of esters is 2. The maximum absolute atomic E-state index is 13.4. The van der Waals surface area contributed by atoms with Crippen LogP contribution in [0.1, 0.15) is 50.6 Å². The van der Waals surface area contributed by atoms with E-state index in [1.165, 1.54) is 19.2 Å². The average Bonchev–Trinajstić information content (AvgIpc) is 3.24. The molecule has 0 amide bonds. The monoisotopic (exact) mass is 553 g/mol. The summed E-state index contributed by atoms with van der Waals surface area (Å²) >= 11 is 0. The molecular formula is C31H27N3O7. The van der Waals surface area contributed by atoms with Crippen LogP contribution in [0, 0.1) is 0 Å². The first-order chi connectivity index (χ1) is 19.8. The molecule has 0 bridgehead atoms.